The van der Waals surface area contributed by atoms with Gasteiger partial charge >= 0.3 is 0 Å². The fourth-order valence-corrected chi connectivity index (χ4v) is 2.44. The summed E-state index contributed by atoms with van der Waals surface area (Å²) in [5.74, 6) is 1.78. The third-order valence-electron chi connectivity index (χ3n) is 3.75. The van der Waals surface area contributed by atoms with Crippen LogP contribution in [0.4, 0.5) is 0 Å². The molecule has 0 heterocycles. The summed E-state index contributed by atoms with van der Waals surface area (Å²) < 4.78 is 0. The number of hydrogen-bond acceptors (Lipinski definition) is 2. The molecule has 2 nitrogen and oxygen atoms in total. The Hall–Kier alpha value is -0.660. The maximum absolute atomic E-state index is 10.8. The van der Waals surface area contributed by atoms with Crippen LogP contribution in [0, 0.1) is 23.7 Å². The molecule has 14 heavy (non-hydrogen) atoms. The summed E-state index contributed by atoms with van der Waals surface area (Å²) in [4.78, 5) is 21.2. The lowest BCUT2D eigenvalue weighted by Gasteiger charge is -2.34. The van der Waals surface area contributed by atoms with E-state index in [0.29, 0.717) is 24.2 Å². The van der Waals surface area contributed by atoms with Crippen molar-refractivity contribution in [1.82, 2.24) is 0 Å². The van der Waals surface area contributed by atoms with E-state index >= 15 is 0 Å². The smallest absolute Gasteiger partial charge is 0.123 e. The summed E-state index contributed by atoms with van der Waals surface area (Å²) in [5, 5.41) is 0. The van der Waals surface area contributed by atoms with Gasteiger partial charge in [-0.05, 0) is 37.0 Å². The standard InChI is InChI=1S/C12H20O2/c1-9-3-4-11(7-12(9)8-14)10(2)5-6-13/h6,8-12H,3-5,7H2,1-2H3/t9-,10-,11+,12+/m1/s1. The third-order valence-corrected chi connectivity index (χ3v) is 3.75. The lowest BCUT2D eigenvalue weighted by Crippen LogP contribution is -2.27. The Kier molecular flexibility index (Phi) is 4.30. The van der Waals surface area contributed by atoms with Gasteiger partial charge in [0.05, 0.1) is 0 Å². The highest BCUT2D eigenvalue weighted by molar-refractivity contribution is 5.54. The summed E-state index contributed by atoms with van der Waals surface area (Å²) in [6.07, 6.45) is 6.05. The van der Waals surface area contributed by atoms with Gasteiger partial charge in [0.15, 0.2) is 0 Å². The molecule has 1 rings (SSSR count). The highest BCUT2D eigenvalue weighted by atomic mass is 16.1. The molecule has 2 heteroatoms. The second kappa shape index (κ2) is 5.28. The highest BCUT2D eigenvalue weighted by Crippen LogP contribution is 2.37. The molecule has 0 unspecified atom stereocenters. The summed E-state index contributed by atoms with van der Waals surface area (Å²) in [7, 11) is 0. The molecule has 1 aliphatic rings. The Labute approximate surface area is 86.1 Å². The van der Waals surface area contributed by atoms with E-state index in [1.165, 1.54) is 6.42 Å². The zero-order valence-electron chi connectivity index (χ0n) is 9.11. The molecular weight excluding hydrogens is 176 g/mol. The Balaban J connectivity index is 2.49. The molecule has 80 valence electrons. The Morgan fingerprint density at radius 2 is 2.07 bits per heavy atom. The zero-order valence-corrected chi connectivity index (χ0v) is 9.11. The Morgan fingerprint density at radius 1 is 1.36 bits per heavy atom. The minimum absolute atomic E-state index is 0.225. The van der Waals surface area contributed by atoms with Crippen LogP contribution in [0.1, 0.15) is 39.5 Å². The van der Waals surface area contributed by atoms with Gasteiger partial charge in [0, 0.05) is 12.3 Å². The molecule has 0 bridgehead atoms. The lowest BCUT2D eigenvalue weighted by molar-refractivity contribution is -0.114. The minimum atomic E-state index is 0.225. The van der Waals surface area contributed by atoms with Crippen molar-refractivity contribution in [3.63, 3.8) is 0 Å². The van der Waals surface area contributed by atoms with Crippen molar-refractivity contribution in [2.24, 2.45) is 23.7 Å². The number of carbonyl (C=O) groups excluding carboxylic acids is 2. The Bertz CT molecular complexity index is 200. The van der Waals surface area contributed by atoms with Crippen molar-refractivity contribution in [1.29, 1.82) is 0 Å². The second-order valence-corrected chi connectivity index (χ2v) is 4.73. The molecular formula is C12H20O2. The van der Waals surface area contributed by atoms with Crippen LogP contribution in [-0.2, 0) is 9.59 Å². The zero-order chi connectivity index (χ0) is 10.6. The molecule has 0 radical (unpaired) electrons. The highest BCUT2D eigenvalue weighted by Gasteiger charge is 2.29. The Morgan fingerprint density at radius 3 is 2.64 bits per heavy atom. The van der Waals surface area contributed by atoms with Crippen molar-refractivity contribution in [2.75, 3.05) is 0 Å². The molecule has 0 aromatic carbocycles. The topological polar surface area (TPSA) is 34.1 Å². The number of carbonyl (C=O) groups is 2. The normalized spacial score (nSPS) is 34.9. The van der Waals surface area contributed by atoms with Gasteiger partial charge in [-0.15, -0.1) is 0 Å². The maximum atomic E-state index is 10.8. The summed E-state index contributed by atoms with van der Waals surface area (Å²) >= 11 is 0. The molecule has 0 aromatic rings. The van der Waals surface area contributed by atoms with E-state index in [-0.39, 0.29) is 5.92 Å². The minimum Gasteiger partial charge on any atom is -0.303 e. The van der Waals surface area contributed by atoms with E-state index in [0.717, 1.165) is 25.4 Å². The predicted octanol–water partition coefficient (Wildman–Crippen LogP) is 2.46. The number of rotatable bonds is 4. The van der Waals surface area contributed by atoms with E-state index in [1.807, 2.05) is 0 Å². The first-order chi connectivity index (χ1) is 6.69. The second-order valence-electron chi connectivity index (χ2n) is 4.73. The monoisotopic (exact) mass is 196 g/mol. The van der Waals surface area contributed by atoms with Crippen molar-refractivity contribution < 1.29 is 9.59 Å². The molecule has 0 amide bonds. The SMILES string of the molecule is C[C@H](CC=O)[C@H]1CC[C@@H](C)[C@H](C=O)C1. The van der Waals surface area contributed by atoms with Crippen LogP contribution in [0.3, 0.4) is 0 Å². The van der Waals surface area contributed by atoms with Gasteiger partial charge in [0.25, 0.3) is 0 Å². The van der Waals surface area contributed by atoms with E-state index in [2.05, 4.69) is 13.8 Å². The summed E-state index contributed by atoms with van der Waals surface area (Å²) in [6.45, 7) is 4.27. The third kappa shape index (κ3) is 2.66. The van der Waals surface area contributed by atoms with Crippen LogP contribution >= 0.6 is 0 Å². The fourth-order valence-electron chi connectivity index (χ4n) is 2.44. The van der Waals surface area contributed by atoms with Gasteiger partial charge in [-0.25, -0.2) is 0 Å². The van der Waals surface area contributed by atoms with E-state index in [9.17, 15) is 9.59 Å². The first-order valence-corrected chi connectivity index (χ1v) is 5.58. The first-order valence-electron chi connectivity index (χ1n) is 5.58. The van der Waals surface area contributed by atoms with Gasteiger partial charge in [-0.2, -0.15) is 0 Å². The molecule has 4 atom stereocenters. The molecule has 0 aromatic heterocycles. The average Bonchev–Trinajstić information content (AvgIpc) is 2.19. The van der Waals surface area contributed by atoms with Crippen LogP contribution in [0.5, 0.6) is 0 Å². The molecule has 1 saturated carbocycles. The van der Waals surface area contributed by atoms with Crippen LogP contribution in [0.25, 0.3) is 0 Å². The quantitative estimate of drug-likeness (QED) is 0.647. The van der Waals surface area contributed by atoms with E-state index < -0.39 is 0 Å². The van der Waals surface area contributed by atoms with E-state index in [1.54, 1.807) is 0 Å². The average molecular weight is 196 g/mol. The van der Waals surface area contributed by atoms with Crippen LogP contribution in [0.2, 0.25) is 0 Å². The fraction of sp³-hybridized carbons (Fsp3) is 0.833. The van der Waals surface area contributed by atoms with E-state index in [4.69, 9.17) is 0 Å². The summed E-state index contributed by atoms with van der Waals surface area (Å²) in [6, 6.07) is 0. The van der Waals surface area contributed by atoms with Crippen LogP contribution in [-0.4, -0.2) is 12.6 Å². The van der Waals surface area contributed by atoms with Crippen LogP contribution < -0.4 is 0 Å². The maximum Gasteiger partial charge on any atom is 0.123 e. The number of aldehydes is 2. The van der Waals surface area contributed by atoms with Crippen LogP contribution in [0.15, 0.2) is 0 Å². The largest absolute Gasteiger partial charge is 0.303 e. The molecule has 1 fully saturated rings. The summed E-state index contributed by atoms with van der Waals surface area (Å²) in [5.41, 5.74) is 0. The first kappa shape index (κ1) is 11.4. The number of hydrogen-bond donors (Lipinski definition) is 0. The van der Waals surface area contributed by atoms with Gasteiger partial charge in [0.1, 0.15) is 12.6 Å². The van der Waals surface area contributed by atoms with Gasteiger partial charge in [-0.1, -0.05) is 13.8 Å². The van der Waals surface area contributed by atoms with Crippen molar-refractivity contribution in [3.8, 4) is 0 Å². The molecule has 0 N–H and O–H groups in total. The van der Waals surface area contributed by atoms with Crippen molar-refractivity contribution in [2.45, 2.75) is 39.5 Å². The predicted molar refractivity (Wildman–Crippen MR) is 55.9 cm³/mol. The molecule has 0 saturated heterocycles. The van der Waals surface area contributed by atoms with Crippen molar-refractivity contribution in [3.05, 3.63) is 0 Å². The van der Waals surface area contributed by atoms with Gasteiger partial charge < -0.3 is 9.59 Å². The molecule has 0 spiro atoms. The lowest BCUT2D eigenvalue weighted by atomic mass is 9.71. The molecule has 1 aliphatic carbocycles. The van der Waals surface area contributed by atoms with Gasteiger partial charge in [0.2, 0.25) is 0 Å². The van der Waals surface area contributed by atoms with Gasteiger partial charge in [-0.3, -0.25) is 0 Å². The molecule has 0 aliphatic heterocycles. The van der Waals surface area contributed by atoms with Crippen molar-refractivity contribution >= 4 is 12.6 Å².